The first-order valence-corrected chi connectivity index (χ1v) is 7.83. The molecule has 1 atom stereocenters. The van der Waals surface area contributed by atoms with E-state index in [1.165, 1.54) is 22.6 Å². The molecule has 0 aromatic carbocycles. The van der Waals surface area contributed by atoms with Crippen molar-refractivity contribution >= 4 is 27.7 Å². The van der Waals surface area contributed by atoms with Crippen LogP contribution < -0.4 is 0 Å². The first-order valence-electron chi connectivity index (χ1n) is 5.93. The van der Waals surface area contributed by atoms with Crippen LogP contribution in [0.5, 0.6) is 0 Å². The van der Waals surface area contributed by atoms with Crippen LogP contribution in [0.1, 0.15) is 25.5 Å². The van der Waals surface area contributed by atoms with E-state index < -0.39 is 6.43 Å². The Bertz CT molecular complexity index is 575. The highest BCUT2D eigenvalue weighted by Crippen LogP contribution is 2.31. The van der Waals surface area contributed by atoms with Gasteiger partial charge in [0.15, 0.2) is 0 Å². The molecular weight excluding hydrogens is 354 g/mol. The van der Waals surface area contributed by atoms with Crippen LogP contribution in [0, 0.1) is 0 Å². The van der Waals surface area contributed by atoms with Gasteiger partial charge in [0.2, 0.25) is 0 Å². The van der Waals surface area contributed by atoms with Crippen LogP contribution in [0.2, 0.25) is 0 Å². The molecule has 0 fully saturated rings. The van der Waals surface area contributed by atoms with Crippen molar-refractivity contribution in [2.75, 3.05) is 5.75 Å². The number of aryl methyl sites for hydroxylation is 1. The Morgan fingerprint density at radius 2 is 2.20 bits per heavy atom. The molecule has 2 aromatic rings. The number of hydrogen-bond donors (Lipinski definition) is 0. The molecule has 5 nitrogen and oxygen atoms in total. The quantitative estimate of drug-likeness (QED) is 0.576. The van der Waals surface area contributed by atoms with Crippen molar-refractivity contribution in [3.05, 3.63) is 11.9 Å². The highest BCUT2D eigenvalue weighted by atomic mass is 79.9. The molecule has 2 rings (SSSR count). The van der Waals surface area contributed by atoms with E-state index >= 15 is 0 Å². The van der Waals surface area contributed by atoms with Crippen molar-refractivity contribution < 1.29 is 13.2 Å². The van der Waals surface area contributed by atoms with Gasteiger partial charge in [-0.15, -0.1) is 10.2 Å². The number of alkyl halides is 3. The Hall–Kier alpha value is -0.960. The van der Waals surface area contributed by atoms with E-state index in [9.17, 15) is 8.78 Å². The van der Waals surface area contributed by atoms with E-state index in [1.807, 2.05) is 0 Å². The molecule has 0 amide bonds. The highest BCUT2D eigenvalue weighted by molar-refractivity contribution is 9.09. The smallest absolute Gasteiger partial charge is 0.282 e. The number of hydrogen-bond acceptors (Lipinski definition) is 5. The second-order valence-electron chi connectivity index (χ2n) is 4.09. The lowest BCUT2D eigenvalue weighted by Crippen LogP contribution is -1.97. The van der Waals surface area contributed by atoms with Gasteiger partial charge in [0.25, 0.3) is 17.5 Å². The zero-order valence-corrected chi connectivity index (χ0v) is 13.3. The summed E-state index contributed by atoms with van der Waals surface area (Å²) in [5.41, 5.74) is -0.174. The lowest BCUT2D eigenvalue weighted by atomic mass is 10.2. The lowest BCUT2D eigenvalue weighted by molar-refractivity contribution is 0.145. The zero-order chi connectivity index (χ0) is 14.7. The summed E-state index contributed by atoms with van der Waals surface area (Å²) >= 11 is 4.88. The maximum Gasteiger partial charge on any atom is 0.282 e. The predicted molar refractivity (Wildman–Crippen MR) is 75.2 cm³/mol. The molecule has 1 unspecified atom stereocenters. The maximum atomic E-state index is 12.9. The molecule has 0 aliphatic carbocycles. The van der Waals surface area contributed by atoms with Gasteiger partial charge in [-0.25, -0.2) is 8.78 Å². The fourth-order valence-corrected chi connectivity index (χ4v) is 2.68. The third kappa shape index (κ3) is 3.57. The topological polar surface area (TPSA) is 56.7 Å². The van der Waals surface area contributed by atoms with E-state index in [0.717, 1.165) is 12.2 Å². The summed E-state index contributed by atoms with van der Waals surface area (Å²) in [6.07, 6.45) is -0.254. The second kappa shape index (κ2) is 6.66. The molecule has 0 N–H and O–H groups in total. The van der Waals surface area contributed by atoms with Gasteiger partial charge in [0.1, 0.15) is 5.69 Å². The van der Waals surface area contributed by atoms with Gasteiger partial charge >= 0.3 is 0 Å². The van der Waals surface area contributed by atoms with Crippen molar-refractivity contribution in [3.8, 4) is 11.5 Å². The van der Waals surface area contributed by atoms with Gasteiger partial charge in [0.05, 0.1) is 5.56 Å². The molecular formula is C11H13BrF2N4OS. The van der Waals surface area contributed by atoms with Crippen LogP contribution in [0.15, 0.2) is 15.8 Å². The van der Waals surface area contributed by atoms with Crippen molar-refractivity contribution in [2.24, 2.45) is 7.05 Å². The predicted octanol–water partition coefficient (Wildman–Crippen LogP) is 3.67. The molecule has 9 heteroatoms. The van der Waals surface area contributed by atoms with Gasteiger partial charge in [-0.3, -0.25) is 4.68 Å². The number of aromatic nitrogens is 4. The number of halogens is 3. The number of nitrogens with zero attached hydrogens (tertiary/aromatic N) is 4. The molecule has 2 heterocycles. The van der Waals surface area contributed by atoms with Crippen molar-refractivity contribution in [2.45, 2.75) is 29.8 Å². The van der Waals surface area contributed by atoms with Gasteiger partial charge in [0, 0.05) is 23.8 Å². The molecule has 0 radical (unpaired) electrons. The van der Waals surface area contributed by atoms with Crippen LogP contribution in [0.4, 0.5) is 8.78 Å². The average molecular weight is 367 g/mol. The van der Waals surface area contributed by atoms with Crippen molar-refractivity contribution in [1.82, 2.24) is 20.0 Å². The lowest BCUT2D eigenvalue weighted by Gasteiger charge is -2.01. The van der Waals surface area contributed by atoms with Crippen LogP contribution in [-0.2, 0) is 7.05 Å². The minimum Gasteiger partial charge on any atom is -0.411 e. The van der Waals surface area contributed by atoms with Gasteiger partial charge in [-0.05, 0) is 6.42 Å². The SMILES string of the molecule is CCC(Br)CSc1nnc(-c2cn(C)nc2C(F)F)o1. The zero-order valence-electron chi connectivity index (χ0n) is 10.9. The molecule has 2 aromatic heterocycles. The fraction of sp³-hybridized carbons (Fsp3) is 0.545. The van der Waals surface area contributed by atoms with E-state index in [0.29, 0.717) is 10.0 Å². The van der Waals surface area contributed by atoms with E-state index in [4.69, 9.17) is 4.42 Å². The summed E-state index contributed by atoms with van der Waals surface area (Å²) in [4.78, 5) is 0.345. The summed E-state index contributed by atoms with van der Waals surface area (Å²) in [6.45, 7) is 2.06. The largest absolute Gasteiger partial charge is 0.411 e. The molecule has 0 saturated carbocycles. The maximum absolute atomic E-state index is 12.9. The van der Waals surface area contributed by atoms with Crippen LogP contribution in [-0.4, -0.2) is 30.6 Å². The minimum absolute atomic E-state index is 0.0681. The van der Waals surface area contributed by atoms with Crippen LogP contribution in [0.25, 0.3) is 11.5 Å². The minimum atomic E-state index is -2.68. The average Bonchev–Trinajstić information content (AvgIpc) is 3.01. The van der Waals surface area contributed by atoms with Crippen molar-refractivity contribution in [1.29, 1.82) is 0 Å². The number of thioether (sulfide) groups is 1. The Kier molecular flexibility index (Phi) is 5.14. The van der Waals surface area contributed by atoms with E-state index in [1.54, 1.807) is 7.05 Å². The second-order valence-corrected chi connectivity index (χ2v) is 6.36. The molecule has 0 aliphatic heterocycles. The summed E-state index contributed by atoms with van der Waals surface area (Å²) in [5.74, 6) is 0.839. The van der Waals surface area contributed by atoms with Gasteiger partial charge in [-0.1, -0.05) is 34.6 Å². The summed E-state index contributed by atoms with van der Waals surface area (Å²) < 4.78 is 32.4. The molecule has 0 aliphatic rings. The standard InChI is InChI=1S/C11H13BrF2N4OS/c1-3-6(12)5-20-11-16-15-10(19-11)7-4-18(2)17-8(7)9(13)14/h4,6,9H,3,5H2,1-2H3. The first kappa shape index (κ1) is 15.4. The third-order valence-corrected chi connectivity index (χ3v) is 4.91. The van der Waals surface area contributed by atoms with Crippen LogP contribution in [0.3, 0.4) is 0 Å². The van der Waals surface area contributed by atoms with Crippen molar-refractivity contribution in [3.63, 3.8) is 0 Å². The van der Waals surface area contributed by atoms with Gasteiger partial charge < -0.3 is 4.42 Å². The fourth-order valence-electron chi connectivity index (χ4n) is 1.49. The molecule has 0 spiro atoms. The number of rotatable bonds is 6. The summed E-state index contributed by atoms with van der Waals surface area (Å²) in [5, 5.41) is 11.7. The molecule has 0 bridgehead atoms. The Morgan fingerprint density at radius 3 is 2.85 bits per heavy atom. The Morgan fingerprint density at radius 1 is 1.45 bits per heavy atom. The summed E-state index contributed by atoms with van der Waals surface area (Å²) in [7, 11) is 1.57. The molecule has 0 saturated heterocycles. The monoisotopic (exact) mass is 366 g/mol. The van der Waals surface area contributed by atoms with Crippen LogP contribution >= 0.6 is 27.7 Å². The molecule has 20 heavy (non-hydrogen) atoms. The van der Waals surface area contributed by atoms with Gasteiger partial charge in [-0.2, -0.15) is 5.10 Å². The highest BCUT2D eigenvalue weighted by Gasteiger charge is 2.23. The Labute approximate surface area is 127 Å². The summed E-state index contributed by atoms with van der Waals surface area (Å²) in [6, 6.07) is 0. The normalized spacial score (nSPS) is 13.1. The first-order chi connectivity index (χ1) is 9.51. The van der Waals surface area contributed by atoms with E-state index in [-0.39, 0.29) is 17.1 Å². The van der Waals surface area contributed by atoms with E-state index in [2.05, 4.69) is 38.1 Å². The Balaban J connectivity index is 2.16. The third-order valence-electron chi connectivity index (χ3n) is 2.53. The molecule has 110 valence electrons.